The molecule has 0 fully saturated rings. The summed E-state index contributed by atoms with van der Waals surface area (Å²) in [5.41, 5.74) is 0.889. The van der Waals surface area contributed by atoms with Gasteiger partial charge in [0, 0.05) is 10.8 Å². The minimum Gasteiger partial charge on any atom is -0.494 e. The molecule has 4 heteroatoms. The Labute approximate surface area is 125 Å². The maximum Gasteiger partial charge on any atom is 0.342 e. The number of hydrogen-bond acceptors (Lipinski definition) is 4. The normalized spacial score (nSPS) is 11.7. The molecule has 1 aromatic carbocycles. The van der Waals surface area contributed by atoms with Crippen molar-refractivity contribution in [3.63, 3.8) is 0 Å². The van der Waals surface area contributed by atoms with Crippen molar-refractivity contribution >= 4 is 16.9 Å². The zero-order chi connectivity index (χ0) is 15.6. The average molecular weight is 290 g/mol. The molecule has 0 aliphatic rings. The van der Waals surface area contributed by atoms with Gasteiger partial charge in [0.15, 0.2) is 0 Å². The monoisotopic (exact) mass is 290 g/mol. The summed E-state index contributed by atoms with van der Waals surface area (Å²) in [4.78, 5) is 12.3. The molecule has 21 heavy (non-hydrogen) atoms. The van der Waals surface area contributed by atoms with E-state index in [0.29, 0.717) is 30.1 Å². The van der Waals surface area contributed by atoms with Crippen LogP contribution in [-0.2, 0) is 10.2 Å². The highest BCUT2D eigenvalue weighted by Crippen LogP contribution is 2.36. The Morgan fingerprint density at radius 2 is 1.90 bits per heavy atom. The number of carbonyl (C=O) groups excluding carboxylic acids is 1. The Hall–Kier alpha value is -1.97. The fourth-order valence-electron chi connectivity index (χ4n) is 2.27. The summed E-state index contributed by atoms with van der Waals surface area (Å²) < 4.78 is 16.6. The Kier molecular flexibility index (Phi) is 4.26. The molecule has 0 spiro atoms. The molecule has 0 N–H and O–H groups in total. The lowest BCUT2D eigenvalue weighted by Gasteiger charge is -2.16. The lowest BCUT2D eigenvalue weighted by atomic mass is 9.89. The molecule has 4 nitrogen and oxygen atoms in total. The Morgan fingerprint density at radius 3 is 2.48 bits per heavy atom. The first-order valence-electron chi connectivity index (χ1n) is 7.25. The molecule has 0 unspecified atom stereocenters. The molecule has 0 saturated carbocycles. The van der Waals surface area contributed by atoms with Crippen molar-refractivity contribution in [3.05, 3.63) is 29.5 Å². The highest BCUT2D eigenvalue weighted by atomic mass is 16.5. The van der Waals surface area contributed by atoms with Gasteiger partial charge in [-0.2, -0.15) is 0 Å². The second-order valence-corrected chi connectivity index (χ2v) is 5.87. The minimum absolute atomic E-state index is 0.285. The van der Waals surface area contributed by atoms with Gasteiger partial charge in [-0.25, -0.2) is 4.79 Å². The minimum atomic E-state index is -0.352. The number of carbonyl (C=O) groups is 1. The Bertz CT molecular complexity index is 647. The summed E-state index contributed by atoms with van der Waals surface area (Å²) in [6, 6.07) is 5.51. The number of esters is 1. The van der Waals surface area contributed by atoms with Crippen molar-refractivity contribution in [2.45, 2.75) is 40.0 Å². The lowest BCUT2D eigenvalue weighted by molar-refractivity contribution is 0.0523. The van der Waals surface area contributed by atoms with Gasteiger partial charge in [0.1, 0.15) is 22.7 Å². The van der Waals surface area contributed by atoms with E-state index < -0.39 is 0 Å². The summed E-state index contributed by atoms with van der Waals surface area (Å²) in [7, 11) is 0. The standard InChI is InChI=1S/C17H22O4/c1-6-19-11-8-9-13-12(10-11)14(16(18)20-7-2)15(21-13)17(3,4)5/h8-10H,6-7H2,1-5H3. The van der Waals surface area contributed by atoms with Gasteiger partial charge in [-0.3, -0.25) is 0 Å². The van der Waals surface area contributed by atoms with Crippen LogP contribution in [0.5, 0.6) is 5.75 Å². The van der Waals surface area contributed by atoms with Crippen LogP contribution in [0.15, 0.2) is 22.6 Å². The topological polar surface area (TPSA) is 48.7 Å². The lowest BCUT2D eigenvalue weighted by Crippen LogP contribution is -2.16. The molecule has 0 amide bonds. The molecule has 0 aliphatic heterocycles. The Morgan fingerprint density at radius 1 is 1.19 bits per heavy atom. The van der Waals surface area contributed by atoms with Gasteiger partial charge < -0.3 is 13.9 Å². The third-order valence-corrected chi connectivity index (χ3v) is 3.13. The van der Waals surface area contributed by atoms with E-state index in [1.165, 1.54) is 0 Å². The predicted octanol–water partition coefficient (Wildman–Crippen LogP) is 4.31. The molecule has 0 bridgehead atoms. The third kappa shape index (κ3) is 3.04. The van der Waals surface area contributed by atoms with Gasteiger partial charge in [0.25, 0.3) is 0 Å². The maximum atomic E-state index is 12.3. The number of rotatable bonds is 4. The van der Waals surface area contributed by atoms with Crippen LogP contribution in [0, 0.1) is 0 Å². The third-order valence-electron chi connectivity index (χ3n) is 3.13. The van der Waals surface area contributed by atoms with Crippen LogP contribution in [0.3, 0.4) is 0 Å². The largest absolute Gasteiger partial charge is 0.494 e. The summed E-state index contributed by atoms with van der Waals surface area (Å²) in [6.45, 7) is 10.7. The first kappa shape index (κ1) is 15.4. The van der Waals surface area contributed by atoms with Gasteiger partial charge in [-0.05, 0) is 32.0 Å². The second-order valence-electron chi connectivity index (χ2n) is 5.87. The van der Waals surface area contributed by atoms with Crippen molar-refractivity contribution in [2.75, 3.05) is 13.2 Å². The Balaban J connectivity index is 2.67. The molecule has 0 saturated heterocycles. The van der Waals surface area contributed by atoms with E-state index >= 15 is 0 Å². The molecular formula is C17H22O4. The van der Waals surface area contributed by atoms with Gasteiger partial charge in [0.2, 0.25) is 0 Å². The number of benzene rings is 1. The molecule has 1 heterocycles. The van der Waals surface area contributed by atoms with E-state index in [2.05, 4.69) is 0 Å². The molecule has 114 valence electrons. The van der Waals surface area contributed by atoms with Crippen LogP contribution in [0.4, 0.5) is 0 Å². The summed E-state index contributed by atoms with van der Waals surface area (Å²) in [5, 5.41) is 0.740. The van der Waals surface area contributed by atoms with Crippen LogP contribution >= 0.6 is 0 Å². The quantitative estimate of drug-likeness (QED) is 0.787. The fraction of sp³-hybridized carbons (Fsp3) is 0.471. The fourth-order valence-corrected chi connectivity index (χ4v) is 2.27. The second kappa shape index (κ2) is 5.80. The molecule has 2 aromatic rings. The number of ether oxygens (including phenoxy) is 2. The van der Waals surface area contributed by atoms with Gasteiger partial charge in [-0.15, -0.1) is 0 Å². The highest BCUT2D eigenvalue weighted by Gasteiger charge is 2.30. The first-order chi connectivity index (χ1) is 9.88. The van der Waals surface area contributed by atoms with E-state index in [1.54, 1.807) is 6.92 Å². The molecule has 0 atom stereocenters. The summed E-state index contributed by atoms with van der Waals surface area (Å²) in [6.07, 6.45) is 0. The number of furan rings is 1. The van der Waals surface area contributed by atoms with Crippen molar-refractivity contribution < 1.29 is 18.7 Å². The van der Waals surface area contributed by atoms with Crippen LogP contribution in [0.2, 0.25) is 0 Å². The van der Waals surface area contributed by atoms with Crippen molar-refractivity contribution in [3.8, 4) is 5.75 Å². The highest BCUT2D eigenvalue weighted by molar-refractivity contribution is 6.05. The van der Waals surface area contributed by atoms with Crippen molar-refractivity contribution in [1.29, 1.82) is 0 Å². The molecule has 1 aromatic heterocycles. The van der Waals surface area contributed by atoms with Gasteiger partial charge in [-0.1, -0.05) is 20.8 Å². The van der Waals surface area contributed by atoms with E-state index in [1.807, 2.05) is 45.9 Å². The van der Waals surface area contributed by atoms with Gasteiger partial charge in [0.05, 0.1) is 13.2 Å². The molecule has 2 rings (SSSR count). The smallest absolute Gasteiger partial charge is 0.342 e. The van der Waals surface area contributed by atoms with Crippen LogP contribution in [-0.4, -0.2) is 19.2 Å². The van der Waals surface area contributed by atoms with E-state index in [9.17, 15) is 4.79 Å². The average Bonchev–Trinajstić information content (AvgIpc) is 2.78. The predicted molar refractivity (Wildman–Crippen MR) is 82.0 cm³/mol. The van der Waals surface area contributed by atoms with Crippen LogP contribution in [0.1, 0.15) is 50.7 Å². The number of fused-ring (bicyclic) bond motifs is 1. The van der Waals surface area contributed by atoms with Crippen LogP contribution < -0.4 is 4.74 Å². The zero-order valence-electron chi connectivity index (χ0n) is 13.3. The molecular weight excluding hydrogens is 268 g/mol. The van der Waals surface area contributed by atoms with E-state index in [4.69, 9.17) is 13.9 Å². The zero-order valence-corrected chi connectivity index (χ0v) is 13.3. The molecule has 0 aliphatic carbocycles. The van der Waals surface area contributed by atoms with Gasteiger partial charge >= 0.3 is 5.97 Å². The summed E-state index contributed by atoms with van der Waals surface area (Å²) >= 11 is 0. The number of hydrogen-bond donors (Lipinski definition) is 0. The maximum absolute atomic E-state index is 12.3. The van der Waals surface area contributed by atoms with Crippen molar-refractivity contribution in [1.82, 2.24) is 0 Å². The summed E-state index contributed by atoms with van der Waals surface area (Å²) in [5.74, 6) is 1.01. The van der Waals surface area contributed by atoms with Crippen molar-refractivity contribution in [2.24, 2.45) is 0 Å². The molecule has 0 radical (unpaired) electrons. The first-order valence-corrected chi connectivity index (χ1v) is 7.25. The van der Waals surface area contributed by atoms with Crippen LogP contribution in [0.25, 0.3) is 11.0 Å². The van der Waals surface area contributed by atoms with E-state index in [0.717, 1.165) is 11.1 Å². The SMILES string of the molecule is CCOC(=O)c1c(C(C)(C)C)oc2ccc(OCC)cc12. The van der Waals surface area contributed by atoms with E-state index in [-0.39, 0.29) is 11.4 Å².